The molecule has 1 aliphatic rings. The fourth-order valence-corrected chi connectivity index (χ4v) is 2.98. The van der Waals surface area contributed by atoms with E-state index in [9.17, 15) is 9.18 Å². The molecule has 1 aromatic carbocycles. The molecule has 0 radical (unpaired) electrons. The first-order chi connectivity index (χ1) is 11.6. The molecule has 24 heavy (non-hydrogen) atoms. The number of nitrogens with zero attached hydrogens (tertiary/aromatic N) is 2. The van der Waals surface area contributed by atoms with Gasteiger partial charge in [-0.15, -0.1) is 0 Å². The Kier molecular flexibility index (Phi) is 5.20. The molecule has 2 heterocycles. The van der Waals surface area contributed by atoms with Crippen LogP contribution in [0.4, 0.5) is 4.39 Å². The van der Waals surface area contributed by atoms with Crippen molar-refractivity contribution >= 4 is 5.91 Å². The van der Waals surface area contributed by atoms with Crippen LogP contribution in [0.3, 0.4) is 0 Å². The second kappa shape index (κ2) is 7.53. The molecule has 0 bridgehead atoms. The second-order valence-corrected chi connectivity index (χ2v) is 6.34. The van der Waals surface area contributed by atoms with Crippen LogP contribution in [0.5, 0.6) is 0 Å². The molecular formula is C19H22FN3O. The van der Waals surface area contributed by atoms with Crippen LogP contribution < -0.4 is 5.32 Å². The number of likely N-dealkylation sites (tertiary alicyclic amines) is 1. The van der Waals surface area contributed by atoms with Gasteiger partial charge < -0.3 is 5.32 Å². The molecule has 126 valence electrons. The van der Waals surface area contributed by atoms with E-state index in [1.165, 1.54) is 11.6 Å². The predicted octanol–water partition coefficient (Wildman–Crippen LogP) is 2.92. The summed E-state index contributed by atoms with van der Waals surface area (Å²) in [6.07, 6.45) is 5.43. The van der Waals surface area contributed by atoms with E-state index < -0.39 is 0 Å². The summed E-state index contributed by atoms with van der Waals surface area (Å²) in [6.45, 7) is 4.48. The topological polar surface area (TPSA) is 45.2 Å². The summed E-state index contributed by atoms with van der Waals surface area (Å²) in [4.78, 5) is 18.7. The molecule has 5 heteroatoms. The van der Waals surface area contributed by atoms with Gasteiger partial charge in [0.15, 0.2) is 0 Å². The lowest BCUT2D eigenvalue weighted by molar-refractivity contribution is 0.0908. The monoisotopic (exact) mass is 327 g/mol. The Hall–Kier alpha value is -2.27. The highest BCUT2D eigenvalue weighted by Gasteiger charge is 2.21. The van der Waals surface area contributed by atoms with Crippen LogP contribution in [0.1, 0.15) is 34.3 Å². The number of carbonyl (C=O) groups excluding carboxylic acids is 1. The molecule has 1 aromatic heterocycles. The van der Waals surface area contributed by atoms with Crippen LogP contribution in [-0.2, 0) is 6.54 Å². The van der Waals surface area contributed by atoms with Crippen LogP contribution in [-0.4, -0.2) is 34.9 Å². The average molecular weight is 327 g/mol. The van der Waals surface area contributed by atoms with E-state index in [0.29, 0.717) is 11.1 Å². The maximum Gasteiger partial charge on any atom is 0.251 e. The number of hydrogen-bond donors (Lipinski definition) is 1. The van der Waals surface area contributed by atoms with Crippen LogP contribution in [0, 0.1) is 12.7 Å². The van der Waals surface area contributed by atoms with E-state index in [2.05, 4.69) is 15.2 Å². The molecule has 3 rings (SSSR count). The number of benzene rings is 1. The zero-order valence-corrected chi connectivity index (χ0v) is 13.8. The lowest BCUT2D eigenvalue weighted by atomic mass is 10.0. The van der Waals surface area contributed by atoms with Crippen LogP contribution >= 0.6 is 0 Å². The summed E-state index contributed by atoms with van der Waals surface area (Å²) in [5, 5.41) is 3.02. The molecule has 4 nitrogen and oxygen atoms in total. The Balaban J connectivity index is 1.50. The van der Waals surface area contributed by atoms with Crippen molar-refractivity contribution in [1.82, 2.24) is 15.2 Å². The Bertz CT molecular complexity index is 697. The minimum Gasteiger partial charge on any atom is -0.349 e. The fraction of sp³-hybridized carbons (Fsp3) is 0.368. The summed E-state index contributed by atoms with van der Waals surface area (Å²) in [5.41, 5.74) is 2.19. The molecule has 1 N–H and O–H groups in total. The fourth-order valence-electron chi connectivity index (χ4n) is 2.98. The molecule has 1 saturated heterocycles. The smallest absolute Gasteiger partial charge is 0.251 e. The third kappa shape index (κ3) is 4.17. The molecule has 0 spiro atoms. The van der Waals surface area contributed by atoms with Crippen molar-refractivity contribution in [3.8, 4) is 0 Å². The third-order valence-electron chi connectivity index (χ3n) is 4.51. The standard InChI is InChI=1S/C19H22FN3O/c1-14-2-3-16(12-18(14)20)19(24)22-17-6-10-23(11-7-17)13-15-4-8-21-9-5-15/h2-5,8-9,12,17H,6-7,10-11,13H2,1H3,(H,22,24). The second-order valence-electron chi connectivity index (χ2n) is 6.34. The first-order valence-corrected chi connectivity index (χ1v) is 8.30. The molecule has 0 unspecified atom stereocenters. The summed E-state index contributed by atoms with van der Waals surface area (Å²) >= 11 is 0. The van der Waals surface area contributed by atoms with Gasteiger partial charge in [0.25, 0.3) is 5.91 Å². The van der Waals surface area contributed by atoms with Gasteiger partial charge in [0.05, 0.1) is 0 Å². The number of amides is 1. The maximum absolute atomic E-state index is 13.6. The molecular weight excluding hydrogens is 305 g/mol. The molecule has 1 aliphatic heterocycles. The van der Waals surface area contributed by atoms with Crippen molar-refractivity contribution in [2.45, 2.75) is 32.4 Å². The van der Waals surface area contributed by atoms with Gasteiger partial charge in [-0.1, -0.05) is 6.07 Å². The molecule has 1 amide bonds. The highest BCUT2D eigenvalue weighted by Crippen LogP contribution is 2.15. The quantitative estimate of drug-likeness (QED) is 0.939. The number of hydrogen-bond acceptors (Lipinski definition) is 3. The lowest BCUT2D eigenvalue weighted by Gasteiger charge is -2.32. The lowest BCUT2D eigenvalue weighted by Crippen LogP contribution is -2.44. The Morgan fingerprint density at radius 2 is 1.96 bits per heavy atom. The summed E-state index contributed by atoms with van der Waals surface area (Å²) < 4.78 is 13.6. The van der Waals surface area contributed by atoms with E-state index in [4.69, 9.17) is 0 Å². The summed E-state index contributed by atoms with van der Waals surface area (Å²) in [5.74, 6) is -0.531. The van der Waals surface area contributed by atoms with Crippen molar-refractivity contribution in [1.29, 1.82) is 0 Å². The highest BCUT2D eigenvalue weighted by atomic mass is 19.1. The van der Waals surface area contributed by atoms with Gasteiger partial charge in [-0.3, -0.25) is 14.7 Å². The molecule has 0 atom stereocenters. The van der Waals surface area contributed by atoms with Gasteiger partial charge in [-0.05, 0) is 55.2 Å². The number of halogens is 1. The van der Waals surface area contributed by atoms with Gasteiger partial charge in [0.2, 0.25) is 0 Å². The number of aryl methyl sites for hydroxylation is 1. The van der Waals surface area contributed by atoms with Crippen LogP contribution in [0.2, 0.25) is 0 Å². The van der Waals surface area contributed by atoms with Gasteiger partial charge in [0, 0.05) is 43.6 Å². The van der Waals surface area contributed by atoms with E-state index in [1.54, 1.807) is 19.1 Å². The van der Waals surface area contributed by atoms with Crippen LogP contribution in [0.25, 0.3) is 0 Å². The van der Waals surface area contributed by atoms with Crippen molar-refractivity contribution in [2.24, 2.45) is 0 Å². The zero-order chi connectivity index (χ0) is 16.9. The average Bonchev–Trinajstić information content (AvgIpc) is 2.60. The molecule has 0 aliphatic carbocycles. The Morgan fingerprint density at radius 3 is 2.62 bits per heavy atom. The minimum absolute atomic E-state index is 0.149. The largest absolute Gasteiger partial charge is 0.349 e. The summed E-state index contributed by atoms with van der Waals surface area (Å²) in [7, 11) is 0. The van der Waals surface area contributed by atoms with E-state index in [1.807, 2.05) is 24.5 Å². The molecule has 0 saturated carbocycles. The van der Waals surface area contributed by atoms with Crippen LogP contribution in [0.15, 0.2) is 42.7 Å². The SMILES string of the molecule is Cc1ccc(C(=O)NC2CCN(Cc3ccncc3)CC2)cc1F. The third-order valence-corrected chi connectivity index (χ3v) is 4.51. The minimum atomic E-state index is -0.338. The van der Waals surface area contributed by atoms with Crippen molar-refractivity contribution in [2.75, 3.05) is 13.1 Å². The van der Waals surface area contributed by atoms with Gasteiger partial charge >= 0.3 is 0 Å². The maximum atomic E-state index is 13.6. The van der Waals surface area contributed by atoms with Gasteiger partial charge in [-0.25, -0.2) is 4.39 Å². The number of pyridine rings is 1. The first kappa shape index (κ1) is 16.6. The number of aromatic nitrogens is 1. The normalized spacial score (nSPS) is 16.1. The van der Waals surface area contributed by atoms with E-state index in [-0.39, 0.29) is 17.8 Å². The number of nitrogens with one attached hydrogen (secondary N) is 1. The Labute approximate surface area is 141 Å². The number of carbonyl (C=O) groups is 1. The first-order valence-electron chi connectivity index (χ1n) is 8.30. The molecule has 1 fully saturated rings. The van der Waals surface area contributed by atoms with Crippen molar-refractivity contribution in [3.63, 3.8) is 0 Å². The van der Waals surface area contributed by atoms with Crippen molar-refractivity contribution < 1.29 is 9.18 Å². The van der Waals surface area contributed by atoms with E-state index >= 15 is 0 Å². The van der Waals surface area contributed by atoms with Crippen molar-refractivity contribution in [3.05, 3.63) is 65.2 Å². The van der Waals surface area contributed by atoms with Gasteiger partial charge in [0.1, 0.15) is 5.82 Å². The highest BCUT2D eigenvalue weighted by molar-refractivity contribution is 5.94. The number of rotatable bonds is 4. The van der Waals surface area contributed by atoms with Gasteiger partial charge in [-0.2, -0.15) is 0 Å². The Morgan fingerprint density at radius 1 is 1.25 bits per heavy atom. The predicted molar refractivity (Wildman–Crippen MR) is 91.1 cm³/mol. The number of piperidine rings is 1. The molecule has 2 aromatic rings. The van der Waals surface area contributed by atoms with E-state index in [0.717, 1.165) is 32.5 Å². The zero-order valence-electron chi connectivity index (χ0n) is 13.8. The summed E-state index contributed by atoms with van der Waals surface area (Å²) in [6, 6.07) is 8.83.